The van der Waals surface area contributed by atoms with E-state index in [1.54, 1.807) is 23.7 Å². The molecule has 3 rings (SSSR count). The normalized spacial score (nSPS) is 11.0. The first-order valence-electron chi connectivity index (χ1n) is 5.63. The van der Waals surface area contributed by atoms with Crippen LogP contribution in [0.15, 0.2) is 23.0 Å². The highest BCUT2D eigenvalue weighted by Crippen LogP contribution is 2.27. The van der Waals surface area contributed by atoms with Gasteiger partial charge in [-0.25, -0.2) is 4.98 Å². The van der Waals surface area contributed by atoms with Crippen LogP contribution in [0.2, 0.25) is 0 Å². The number of nitrogens with one attached hydrogen (secondary N) is 1. The van der Waals surface area contributed by atoms with Gasteiger partial charge in [0.2, 0.25) is 0 Å². The molecule has 0 aliphatic carbocycles. The lowest BCUT2D eigenvalue weighted by Crippen LogP contribution is -2.13. The number of hydrogen-bond acceptors (Lipinski definition) is 3. The molecule has 0 radical (unpaired) electrons. The lowest BCUT2D eigenvalue weighted by Gasteiger charge is -1.97. The van der Waals surface area contributed by atoms with Crippen molar-refractivity contribution in [3.63, 3.8) is 0 Å². The van der Waals surface area contributed by atoms with Crippen LogP contribution in [0.25, 0.3) is 21.9 Å². The molecular formula is C13H9ClN4O. The van der Waals surface area contributed by atoms with E-state index >= 15 is 0 Å². The Morgan fingerprint density at radius 1 is 1.53 bits per heavy atom. The van der Waals surface area contributed by atoms with E-state index in [1.807, 2.05) is 6.07 Å². The molecule has 2 heterocycles. The largest absolute Gasteiger partial charge is 0.338 e. The highest BCUT2D eigenvalue weighted by atomic mass is 35.5. The van der Waals surface area contributed by atoms with E-state index in [0.29, 0.717) is 27.8 Å². The molecular weight excluding hydrogens is 264 g/mol. The maximum Gasteiger partial charge on any atom is 0.275 e. The third-order valence-corrected chi connectivity index (χ3v) is 3.42. The average molecular weight is 273 g/mol. The molecule has 0 atom stereocenters. The molecule has 5 nitrogen and oxygen atoms in total. The lowest BCUT2D eigenvalue weighted by molar-refractivity contribution is 0.970. The molecule has 0 saturated heterocycles. The first-order chi connectivity index (χ1) is 9.17. The van der Waals surface area contributed by atoms with E-state index in [1.165, 1.54) is 0 Å². The number of H-pyrrole nitrogens is 1. The van der Waals surface area contributed by atoms with Gasteiger partial charge in [0.05, 0.1) is 23.0 Å². The Bertz CT molecular complexity index is 901. The predicted molar refractivity (Wildman–Crippen MR) is 73.1 cm³/mol. The van der Waals surface area contributed by atoms with Crippen molar-refractivity contribution < 1.29 is 0 Å². The Morgan fingerprint density at radius 3 is 3.00 bits per heavy atom. The fourth-order valence-corrected chi connectivity index (χ4v) is 2.47. The van der Waals surface area contributed by atoms with Crippen LogP contribution in [-0.4, -0.2) is 14.5 Å². The first-order valence-corrected chi connectivity index (χ1v) is 6.17. The number of benzene rings is 1. The second-order valence-corrected chi connectivity index (χ2v) is 4.48. The van der Waals surface area contributed by atoms with Gasteiger partial charge in [-0.3, -0.25) is 4.79 Å². The summed E-state index contributed by atoms with van der Waals surface area (Å²) in [5.74, 6) is 0.524. The molecule has 0 unspecified atom stereocenters. The van der Waals surface area contributed by atoms with Crippen LogP contribution in [0.4, 0.5) is 0 Å². The van der Waals surface area contributed by atoms with E-state index < -0.39 is 0 Å². The minimum atomic E-state index is -0.247. The Kier molecular flexibility index (Phi) is 2.54. The Balaban J connectivity index is 2.67. The van der Waals surface area contributed by atoms with Gasteiger partial charge in [0.1, 0.15) is 16.9 Å². The monoisotopic (exact) mass is 272 g/mol. The molecule has 0 spiro atoms. The van der Waals surface area contributed by atoms with Gasteiger partial charge in [-0.2, -0.15) is 5.26 Å². The molecule has 1 N–H and O–H groups in total. The molecule has 3 aromatic rings. The minimum absolute atomic E-state index is 0.121. The van der Waals surface area contributed by atoms with Crippen LogP contribution in [0.3, 0.4) is 0 Å². The molecule has 0 aliphatic heterocycles. The van der Waals surface area contributed by atoms with Crippen molar-refractivity contribution in [1.29, 1.82) is 5.26 Å². The van der Waals surface area contributed by atoms with Gasteiger partial charge in [-0.15, -0.1) is 11.6 Å². The number of aryl methyl sites for hydroxylation is 1. The number of alkyl halides is 1. The van der Waals surface area contributed by atoms with E-state index in [-0.39, 0.29) is 11.4 Å². The Hall–Kier alpha value is -2.32. The summed E-state index contributed by atoms with van der Waals surface area (Å²) in [7, 11) is 1.78. The summed E-state index contributed by atoms with van der Waals surface area (Å²) in [6.45, 7) is 0. The molecule has 0 aliphatic rings. The SMILES string of the molecule is Cn1c2cccc(C#N)c2c2nc(CCl)[nH]c(=O)c21. The van der Waals surface area contributed by atoms with Gasteiger partial charge in [0.15, 0.2) is 0 Å². The zero-order chi connectivity index (χ0) is 13.6. The van der Waals surface area contributed by atoms with Crippen molar-refractivity contribution in [3.05, 3.63) is 39.9 Å². The quantitative estimate of drug-likeness (QED) is 0.689. The third-order valence-electron chi connectivity index (χ3n) is 3.17. The predicted octanol–water partition coefficient (Wildman–Crippen LogP) is 2.03. The molecule has 94 valence electrons. The minimum Gasteiger partial charge on any atom is -0.338 e. The number of hydrogen-bond donors (Lipinski definition) is 1. The third kappa shape index (κ3) is 1.54. The topological polar surface area (TPSA) is 74.5 Å². The number of nitriles is 1. The van der Waals surface area contributed by atoms with Gasteiger partial charge in [-0.1, -0.05) is 6.07 Å². The summed E-state index contributed by atoms with van der Waals surface area (Å²) in [4.78, 5) is 19.1. The van der Waals surface area contributed by atoms with Crippen LogP contribution in [-0.2, 0) is 12.9 Å². The van der Waals surface area contributed by atoms with Crippen molar-refractivity contribution in [2.45, 2.75) is 5.88 Å². The molecule has 2 aromatic heterocycles. The van der Waals surface area contributed by atoms with Crippen LogP contribution < -0.4 is 5.56 Å². The molecule has 1 aromatic carbocycles. The van der Waals surface area contributed by atoms with Gasteiger partial charge < -0.3 is 9.55 Å². The zero-order valence-electron chi connectivity index (χ0n) is 10.1. The van der Waals surface area contributed by atoms with Crippen LogP contribution in [0, 0.1) is 11.3 Å². The van der Waals surface area contributed by atoms with E-state index in [9.17, 15) is 10.1 Å². The van der Waals surface area contributed by atoms with Crippen molar-refractivity contribution in [2.75, 3.05) is 0 Å². The van der Waals surface area contributed by atoms with Crippen LogP contribution in [0.5, 0.6) is 0 Å². The molecule has 19 heavy (non-hydrogen) atoms. The summed E-state index contributed by atoms with van der Waals surface area (Å²) in [5, 5.41) is 9.90. The lowest BCUT2D eigenvalue weighted by atomic mass is 10.1. The molecule has 6 heteroatoms. The summed E-state index contributed by atoms with van der Waals surface area (Å²) in [6, 6.07) is 7.49. The van der Waals surface area contributed by atoms with Crippen molar-refractivity contribution in [3.8, 4) is 6.07 Å². The molecule has 0 fully saturated rings. The van der Waals surface area contributed by atoms with Gasteiger partial charge in [0, 0.05) is 12.4 Å². The van der Waals surface area contributed by atoms with E-state index in [2.05, 4.69) is 16.0 Å². The number of fused-ring (bicyclic) bond motifs is 3. The number of rotatable bonds is 1. The highest BCUT2D eigenvalue weighted by Gasteiger charge is 2.16. The molecule has 0 bridgehead atoms. The molecule has 0 amide bonds. The van der Waals surface area contributed by atoms with Crippen molar-refractivity contribution >= 4 is 33.5 Å². The van der Waals surface area contributed by atoms with Gasteiger partial charge in [-0.05, 0) is 12.1 Å². The summed E-state index contributed by atoms with van der Waals surface area (Å²) in [5.41, 5.74) is 2.03. The fourth-order valence-electron chi connectivity index (χ4n) is 2.34. The van der Waals surface area contributed by atoms with Crippen molar-refractivity contribution in [2.24, 2.45) is 7.05 Å². The Labute approximate surface area is 113 Å². The number of aromatic amines is 1. The summed E-state index contributed by atoms with van der Waals surface area (Å²) >= 11 is 5.73. The highest BCUT2D eigenvalue weighted by molar-refractivity contribution is 6.17. The maximum absolute atomic E-state index is 12.1. The number of aromatic nitrogens is 3. The zero-order valence-corrected chi connectivity index (χ0v) is 10.8. The summed E-state index contributed by atoms with van der Waals surface area (Å²) in [6.07, 6.45) is 0. The van der Waals surface area contributed by atoms with Crippen LogP contribution >= 0.6 is 11.6 Å². The summed E-state index contributed by atoms with van der Waals surface area (Å²) < 4.78 is 1.75. The van der Waals surface area contributed by atoms with Gasteiger partial charge >= 0.3 is 0 Å². The van der Waals surface area contributed by atoms with Gasteiger partial charge in [0.25, 0.3) is 5.56 Å². The smallest absolute Gasteiger partial charge is 0.275 e. The number of halogens is 1. The average Bonchev–Trinajstić information content (AvgIpc) is 2.72. The van der Waals surface area contributed by atoms with Crippen molar-refractivity contribution in [1.82, 2.24) is 14.5 Å². The Morgan fingerprint density at radius 2 is 2.32 bits per heavy atom. The van der Waals surface area contributed by atoms with Crippen LogP contribution in [0.1, 0.15) is 11.4 Å². The fraction of sp³-hybridized carbons (Fsp3) is 0.154. The second kappa shape index (κ2) is 4.11. The maximum atomic E-state index is 12.1. The standard InChI is InChI=1S/C13H9ClN4O/c1-18-8-4-2-3-7(6-15)10(8)11-12(18)13(19)17-9(5-14)16-11/h2-4H,5H2,1H3,(H,16,17,19). The molecule has 0 saturated carbocycles. The van der Waals surface area contributed by atoms with E-state index in [0.717, 1.165) is 5.52 Å². The second-order valence-electron chi connectivity index (χ2n) is 4.21. The van der Waals surface area contributed by atoms with E-state index in [4.69, 9.17) is 11.6 Å². The number of nitrogens with zero attached hydrogens (tertiary/aromatic N) is 3. The first kappa shape index (κ1) is 11.8.